The van der Waals surface area contributed by atoms with Gasteiger partial charge in [-0.05, 0) is 44.6 Å². The van der Waals surface area contributed by atoms with Crippen LogP contribution in [-0.4, -0.2) is 62.0 Å². The molecule has 1 saturated carbocycles. The number of benzene rings is 1. The van der Waals surface area contributed by atoms with Crippen LogP contribution in [0.2, 0.25) is 5.02 Å². The van der Waals surface area contributed by atoms with E-state index in [1.807, 2.05) is 24.3 Å². The fourth-order valence-corrected chi connectivity index (χ4v) is 4.40. The lowest BCUT2D eigenvalue weighted by atomic mass is 9.68. The normalized spacial score (nSPS) is 24.8. The molecule has 1 atom stereocenters. The van der Waals surface area contributed by atoms with Gasteiger partial charge in [-0.3, -0.25) is 9.69 Å². The van der Waals surface area contributed by atoms with Crippen LogP contribution in [0.5, 0.6) is 0 Å². The molecule has 0 radical (unpaired) electrons. The lowest BCUT2D eigenvalue weighted by molar-refractivity contribution is -0.128. The van der Waals surface area contributed by atoms with E-state index in [2.05, 4.69) is 29.2 Å². The molecule has 2 fully saturated rings. The van der Waals surface area contributed by atoms with Crippen molar-refractivity contribution in [3.8, 4) is 0 Å². The van der Waals surface area contributed by atoms with Gasteiger partial charge in [-0.2, -0.15) is 0 Å². The molecule has 1 amide bonds. The number of rotatable bonds is 4. The molecule has 5 heteroatoms. The Morgan fingerprint density at radius 1 is 1.16 bits per heavy atom. The van der Waals surface area contributed by atoms with Crippen molar-refractivity contribution in [1.82, 2.24) is 15.1 Å². The highest BCUT2D eigenvalue weighted by Crippen LogP contribution is 2.40. The molecule has 0 spiro atoms. The fourth-order valence-electron chi connectivity index (χ4n) is 4.27. The van der Waals surface area contributed by atoms with Crippen LogP contribution in [-0.2, 0) is 10.2 Å². The van der Waals surface area contributed by atoms with Crippen molar-refractivity contribution < 1.29 is 4.79 Å². The van der Waals surface area contributed by atoms with Gasteiger partial charge in [0.25, 0.3) is 0 Å². The van der Waals surface area contributed by atoms with E-state index in [4.69, 9.17) is 11.6 Å². The van der Waals surface area contributed by atoms with Gasteiger partial charge in [0.2, 0.25) is 5.91 Å². The summed E-state index contributed by atoms with van der Waals surface area (Å²) in [7, 11) is 4.30. The highest BCUT2D eigenvalue weighted by molar-refractivity contribution is 6.30. The summed E-state index contributed by atoms with van der Waals surface area (Å²) in [5.74, 6) is 0.191. The number of carbonyl (C=O) groups excluding carboxylic acids is 1. The zero-order valence-electron chi connectivity index (χ0n) is 15.4. The van der Waals surface area contributed by atoms with Crippen LogP contribution in [0.4, 0.5) is 0 Å². The first-order valence-corrected chi connectivity index (χ1v) is 9.82. The van der Waals surface area contributed by atoms with Crippen LogP contribution in [0, 0.1) is 0 Å². The lowest BCUT2D eigenvalue weighted by Gasteiger charge is -2.40. The predicted molar refractivity (Wildman–Crippen MR) is 103 cm³/mol. The third-order valence-electron chi connectivity index (χ3n) is 6.02. The second kappa shape index (κ2) is 8.07. The highest BCUT2D eigenvalue weighted by Gasteiger charge is 2.41. The minimum absolute atomic E-state index is 0.191. The van der Waals surface area contributed by atoms with E-state index in [1.165, 1.54) is 6.42 Å². The van der Waals surface area contributed by atoms with Gasteiger partial charge < -0.3 is 10.2 Å². The summed E-state index contributed by atoms with van der Waals surface area (Å²) in [6.45, 7) is 3.87. The summed E-state index contributed by atoms with van der Waals surface area (Å²) >= 11 is 6.06. The van der Waals surface area contributed by atoms with Crippen molar-refractivity contribution >= 4 is 17.5 Å². The zero-order valence-corrected chi connectivity index (χ0v) is 16.2. The van der Waals surface area contributed by atoms with Crippen molar-refractivity contribution in [3.63, 3.8) is 0 Å². The van der Waals surface area contributed by atoms with Gasteiger partial charge in [0.15, 0.2) is 0 Å². The lowest BCUT2D eigenvalue weighted by Crippen LogP contribution is -2.56. The molecule has 1 N–H and O–H groups in total. The topological polar surface area (TPSA) is 35.6 Å². The molecule has 2 aliphatic rings. The Morgan fingerprint density at radius 2 is 1.84 bits per heavy atom. The van der Waals surface area contributed by atoms with Crippen molar-refractivity contribution in [3.05, 3.63) is 34.9 Å². The van der Waals surface area contributed by atoms with Gasteiger partial charge in [-0.15, -0.1) is 0 Å². The second-order valence-electron chi connectivity index (χ2n) is 7.76. The Morgan fingerprint density at radius 3 is 2.52 bits per heavy atom. The average Bonchev–Trinajstić information content (AvgIpc) is 2.63. The molecule has 1 saturated heterocycles. The molecule has 0 unspecified atom stereocenters. The maximum Gasteiger partial charge on any atom is 0.230 e. The van der Waals surface area contributed by atoms with E-state index in [0.717, 1.165) is 62.4 Å². The largest absolute Gasteiger partial charge is 0.354 e. The number of amides is 1. The van der Waals surface area contributed by atoms with E-state index in [-0.39, 0.29) is 11.3 Å². The van der Waals surface area contributed by atoms with Gasteiger partial charge in [0, 0.05) is 37.2 Å². The van der Waals surface area contributed by atoms with Crippen LogP contribution in [0.25, 0.3) is 0 Å². The van der Waals surface area contributed by atoms with E-state index in [9.17, 15) is 4.79 Å². The highest BCUT2D eigenvalue weighted by atomic mass is 35.5. The van der Waals surface area contributed by atoms with Gasteiger partial charge >= 0.3 is 0 Å². The van der Waals surface area contributed by atoms with Crippen LogP contribution < -0.4 is 5.32 Å². The van der Waals surface area contributed by atoms with Gasteiger partial charge in [0.05, 0.1) is 5.41 Å². The molecule has 3 rings (SSSR count). The average molecular weight is 364 g/mol. The van der Waals surface area contributed by atoms with Crippen molar-refractivity contribution in [2.24, 2.45) is 0 Å². The Labute approximate surface area is 156 Å². The number of carbonyl (C=O) groups is 1. The summed E-state index contributed by atoms with van der Waals surface area (Å²) in [5.41, 5.74) is 0.727. The minimum Gasteiger partial charge on any atom is -0.354 e. The smallest absolute Gasteiger partial charge is 0.230 e. The van der Waals surface area contributed by atoms with Crippen molar-refractivity contribution in [2.45, 2.75) is 43.6 Å². The summed E-state index contributed by atoms with van der Waals surface area (Å²) in [6, 6.07) is 8.27. The van der Waals surface area contributed by atoms with Crippen molar-refractivity contribution in [2.75, 3.05) is 40.3 Å². The van der Waals surface area contributed by atoms with Gasteiger partial charge in [-0.25, -0.2) is 0 Å². The fraction of sp³-hybridized carbons (Fsp3) is 0.650. The summed E-state index contributed by atoms with van der Waals surface area (Å²) in [6.07, 6.45) is 5.31. The molecule has 1 aliphatic carbocycles. The predicted octanol–water partition coefficient (Wildman–Crippen LogP) is 2.90. The van der Waals surface area contributed by atoms with E-state index in [0.29, 0.717) is 6.04 Å². The third-order valence-corrected chi connectivity index (χ3v) is 6.27. The number of likely N-dealkylation sites (N-methyl/N-ethyl adjacent to an activating group) is 2. The first kappa shape index (κ1) is 18.7. The summed E-state index contributed by atoms with van der Waals surface area (Å²) in [5, 5.41) is 4.01. The SMILES string of the molecule is CN1CCN(C)[C@@H](CNC(=O)C2(c3ccc(Cl)cc3)CCCCC2)C1. The molecular weight excluding hydrogens is 334 g/mol. The number of hydrogen-bond acceptors (Lipinski definition) is 3. The monoisotopic (exact) mass is 363 g/mol. The minimum atomic E-state index is -0.387. The van der Waals surface area contributed by atoms with Gasteiger partial charge in [-0.1, -0.05) is 43.0 Å². The Kier molecular flexibility index (Phi) is 6.03. The summed E-state index contributed by atoms with van der Waals surface area (Å²) < 4.78 is 0. The Bertz CT molecular complexity index is 583. The molecule has 1 aromatic carbocycles. The molecule has 4 nitrogen and oxygen atoms in total. The van der Waals surface area contributed by atoms with Crippen LogP contribution in [0.15, 0.2) is 24.3 Å². The number of nitrogens with one attached hydrogen (secondary N) is 1. The zero-order chi connectivity index (χ0) is 17.9. The summed E-state index contributed by atoms with van der Waals surface area (Å²) in [4.78, 5) is 18.0. The molecule has 25 heavy (non-hydrogen) atoms. The third kappa shape index (κ3) is 4.18. The maximum absolute atomic E-state index is 13.3. The molecule has 1 aliphatic heterocycles. The molecular formula is C20H30ClN3O. The quantitative estimate of drug-likeness (QED) is 0.893. The van der Waals surface area contributed by atoms with Gasteiger partial charge in [0.1, 0.15) is 0 Å². The maximum atomic E-state index is 13.3. The van der Waals surface area contributed by atoms with E-state index in [1.54, 1.807) is 0 Å². The number of halogens is 1. The molecule has 1 aromatic rings. The number of piperazine rings is 1. The second-order valence-corrected chi connectivity index (χ2v) is 8.19. The molecule has 0 bridgehead atoms. The Balaban J connectivity index is 1.72. The molecule has 138 valence electrons. The standard InChI is InChI=1S/C20H30ClN3O/c1-23-12-13-24(2)18(15-23)14-22-19(25)20(10-4-3-5-11-20)16-6-8-17(21)9-7-16/h6-9,18H,3-5,10-15H2,1-2H3,(H,22,25)/t18-/m0/s1. The van der Waals surface area contributed by atoms with Crippen molar-refractivity contribution in [1.29, 1.82) is 0 Å². The molecule has 1 heterocycles. The van der Waals surface area contributed by atoms with Crippen LogP contribution in [0.1, 0.15) is 37.7 Å². The van der Waals surface area contributed by atoms with Crippen LogP contribution >= 0.6 is 11.6 Å². The number of hydrogen-bond donors (Lipinski definition) is 1. The van der Waals surface area contributed by atoms with E-state index < -0.39 is 0 Å². The van der Waals surface area contributed by atoms with Crippen LogP contribution in [0.3, 0.4) is 0 Å². The van der Waals surface area contributed by atoms with E-state index >= 15 is 0 Å². The number of nitrogens with zero attached hydrogens (tertiary/aromatic N) is 2. The molecule has 0 aromatic heterocycles. The Hall–Kier alpha value is -1.10. The first-order valence-electron chi connectivity index (χ1n) is 9.44. The first-order chi connectivity index (χ1) is 12.0.